The molecule has 12 heteroatoms. The van der Waals surface area contributed by atoms with E-state index in [9.17, 15) is 18.0 Å². The van der Waals surface area contributed by atoms with Crippen molar-refractivity contribution in [1.82, 2.24) is 4.31 Å². The number of halogens is 1. The second-order valence-corrected chi connectivity index (χ2v) is 10.9. The van der Waals surface area contributed by atoms with Gasteiger partial charge in [0.25, 0.3) is 5.91 Å². The molecule has 0 radical (unpaired) electrons. The zero-order valence-corrected chi connectivity index (χ0v) is 20.6. The van der Waals surface area contributed by atoms with Crippen molar-refractivity contribution in [2.24, 2.45) is 0 Å². The normalized spacial score (nSPS) is 21.4. The second kappa shape index (κ2) is 9.30. The van der Waals surface area contributed by atoms with Crippen molar-refractivity contribution in [3.8, 4) is 17.2 Å². The lowest BCUT2D eigenvalue weighted by Gasteiger charge is -2.33. The van der Waals surface area contributed by atoms with Gasteiger partial charge in [-0.1, -0.05) is 11.6 Å². The van der Waals surface area contributed by atoms with E-state index in [1.807, 2.05) is 0 Å². The fourth-order valence-electron chi connectivity index (χ4n) is 4.74. The number of ether oxygens (including phenoxy) is 3. The van der Waals surface area contributed by atoms with Crippen LogP contribution < -0.4 is 24.0 Å². The third-order valence-corrected chi connectivity index (χ3v) is 8.67. The highest BCUT2D eigenvalue weighted by atomic mass is 35.5. The highest BCUT2D eigenvalue weighted by Crippen LogP contribution is 2.35. The molecule has 2 fully saturated rings. The molecular weight excluding hydrogens is 498 g/mol. The number of nitrogens with zero attached hydrogens (tertiary/aromatic N) is 2. The Bertz CT molecular complexity index is 1280. The van der Waals surface area contributed by atoms with Gasteiger partial charge in [-0.2, -0.15) is 4.31 Å². The summed E-state index contributed by atoms with van der Waals surface area (Å²) in [5.74, 6) is 0.637. The van der Waals surface area contributed by atoms with Crippen molar-refractivity contribution in [3.05, 3.63) is 41.4 Å². The van der Waals surface area contributed by atoms with Crippen LogP contribution in [0, 0.1) is 0 Å². The molecule has 186 valence electrons. The van der Waals surface area contributed by atoms with Gasteiger partial charge in [0.2, 0.25) is 15.9 Å². The third kappa shape index (κ3) is 4.33. The van der Waals surface area contributed by atoms with Crippen LogP contribution in [0.2, 0.25) is 5.02 Å². The SMILES string of the molecule is COc1ccc(Cl)cc1N1C(=O)C[C@H]([NH+]2CCN(S(=O)(=O)c3ccc4c(c3)OCCO4)CC2)C1=O. The van der Waals surface area contributed by atoms with Gasteiger partial charge in [-0.25, -0.2) is 13.3 Å². The van der Waals surface area contributed by atoms with Crippen LogP contribution in [-0.4, -0.2) is 77.1 Å². The number of anilines is 1. The van der Waals surface area contributed by atoms with Crippen molar-refractivity contribution in [3.63, 3.8) is 0 Å². The van der Waals surface area contributed by atoms with Crippen LogP contribution in [0.5, 0.6) is 17.2 Å². The van der Waals surface area contributed by atoms with Crippen molar-refractivity contribution in [1.29, 1.82) is 0 Å². The van der Waals surface area contributed by atoms with Crippen LogP contribution >= 0.6 is 11.6 Å². The molecule has 1 N–H and O–H groups in total. The minimum atomic E-state index is -3.74. The Kier molecular flexibility index (Phi) is 6.34. The summed E-state index contributed by atoms with van der Waals surface area (Å²) < 4.78 is 44.2. The number of amides is 2. The number of hydrogen-bond donors (Lipinski definition) is 1. The second-order valence-electron chi connectivity index (χ2n) is 8.51. The maximum Gasteiger partial charge on any atom is 0.292 e. The van der Waals surface area contributed by atoms with Gasteiger partial charge in [-0.3, -0.25) is 9.59 Å². The first-order chi connectivity index (χ1) is 16.8. The van der Waals surface area contributed by atoms with Crippen molar-refractivity contribution in [2.75, 3.05) is 51.4 Å². The molecule has 2 amide bonds. The first kappa shape index (κ1) is 23.9. The number of methoxy groups -OCH3 is 1. The number of carbonyl (C=O) groups is 2. The lowest BCUT2D eigenvalue weighted by molar-refractivity contribution is -0.918. The van der Waals surface area contributed by atoms with E-state index in [-0.39, 0.29) is 36.2 Å². The molecule has 5 rings (SSSR count). The van der Waals surface area contributed by atoms with Gasteiger partial charge in [0, 0.05) is 11.1 Å². The van der Waals surface area contributed by atoms with E-state index in [1.54, 1.807) is 18.2 Å². The summed E-state index contributed by atoms with van der Waals surface area (Å²) in [6.07, 6.45) is 0.0404. The average molecular weight is 523 g/mol. The number of imide groups is 1. The summed E-state index contributed by atoms with van der Waals surface area (Å²) in [6, 6.07) is 8.77. The van der Waals surface area contributed by atoms with Crippen LogP contribution in [0.25, 0.3) is 0 Å². The van der Waals surface area contributed by atoms with Crippen molar-refractivity contribution >= 4 is 39.1 Å². The first-order valence-electron chi connectivity index (χ1n) is 11.2. The third-order valence-electron chi connectivity index (χ3n) is 6.54. The molecule has 3 aliphatic rings. The van der Waals surface area contributed by atoms with Crippen LogP contribution in [0.15, 0.2) is 41.3 Å². The molecule has 0 saturated carbocycles. The van der Waals surface area contributed by atoms with Crippen molar-refractivity contribution in [2.45, 2.75) is 17.4 Å². The maximum absolute atomic E-state index is 13.3. The highest BCUT2D eigenvalue weighted by Gasteiger charge is 2.48. The fraction of sp³-hybridized carbons (Fsp3) is 0.391. The van der Waals surface area contributed by atoms with Gasteiger partial charge < -0.3 is 19.1 Å². The van der Waals surface area contributed by atoms with Gasteiger partial charge in [0.05, 0.1) is 50.3 Å². The number of fused-ring (bicyclic) bond motifs is 1. The smallest absolute Gasteiger partial charge is 0.292 e. The van der Waals surface area contributed by atoms with Gasteiger partial charge in [0.15, 0.2) is 17.5 Å². The number of benzene rings is 2. The number of hydrogen-bond acceptors (Lipinski definition) is 7. The Morgan fingerprint density at radius 3 is 2.46 bits per heavy atom. The molecule has 0 bridgehead atoms. The molecule has 0 aliphatic carbocycles. The predicted octanol–water partition coefficient (Wildman–Crippen LogP) is 0.341. The topological polar surface area (TPSA) is 107 Å². The average Bonchev–Trinajstić information content (AvgIpc) is 3.17. The molecule has 2 saturated heterocycles. The minimum absolute atomic E-state index is 0.0404. The van der Waals surface area contributed by atoms with Crippen LogP contribution in [0.3, 0.4) is 0 Å². The number of carbonyl (C=O) groups excluding carboxylic acids is 2. The number of nitrogens with one attached hydrogen (secondary N) is 1. The Morgan fingerprint density at radius 1 is 1.03 bits per heavy atom. The van der Waals surface area contributed by atoms with Gasteiger partial charge in [-0.05, 0) is 30.3 Å². The fourth-order valence-corrected chi connectivity index (χ4v) is 6.36. The number of quaternary nitrogens is 1. The zero-order chi connectivity index (χ0) is 24.7. The lowest BCUT2D eigenvalue weighted by atomic mass is 10.2. The zero-order valence-electron chi connectivity index (χ0n) is 19.0. The molecule has 10 nitrogen and oxygen atoms in total. The number of rotatable bonds is 5. The van der Waals surface area contributed by atoms with Crippen molar-refractivity contribution < 1.29 is 37.1 Å². The molecule has 0 aromatic heterocycles. The molecule has 1 atom stereocenters. The summed E-state index contributed by atoms with van der Waals surface area (Å²) in [4.78, 5) is 28.2. The molecule has 3 heterocycles. The molecule has 3 aliphatic heterocycles. The van der Waals surface area contributed by atoms with Gasteiger partial charge in [0.1, 0.15) is 19.0 Å². The van der Waals surface area contributed by atoms with Crippen LogP contribution in [0.1, 0.15) is 6.42 Å². The quantitative estimate of drug-likeness (QED) is 0.564. The van der Waals surface area contributed by atoms with E-state index in [1.165, 1.54) is 29.6 Å². The van der Waals surface area contributed by atoms with Gasteiger partial charge in [-0.15, -0.1) is 0 Å². The number of piperazine rings is 1. The van der Waals surface area contributed by atoms with Crippen LogP contribution in [-0.2, 0) is 19.6 Å². The molecular formula is C23H25ClN3O7S+. The van der Waals surface area contributed by atoms with E-state index in [0.29, 0.717) is 54.3 Å². The Labute approximate surface area is 207 Å². The summed E-state index contributed by atoms with van der Waals surface area (Å²) in [6.45, 7) is 2.04. The van der Waals surface area contributed by atoms with E-state index < -0.39 is 16.1 Å². The molecule has 2 aromatic rings. The van der Waals surface area contributed by atoms with E-state index >= 15 is 0 Å². The molecule has 0 unspecified atom stereocenters. The Morgan fingerprint density at radius 2 is 1.74 bits per heavy atom. The highest BCUT2D eigenvalue weighted by molar-refractivity contribution is 7.89. The Hall–Kier alpha value is -2.86. The van der Waals surface area contributed by atoms with E-state index in [2.05, 4.69) is 0 Å². The minimum Gasteiger partial charge on any atom is -0.495 e. The summed E-state index contributed by atoms with van der Waals surface area (Å²) >= 11 is 6.09. The van der Waals surface area contributed by atoms with E-state index in [0.717, 1.165) is 9.80 Å². The van der Waals surface area contributed by atoms with E-state index in [4.69, 9.17) is 25.8 Å². The van der Waals surface area contributed by atoms with Gasteiger partial charge >= 0.3 is 0 Å². The maximum atomic E-state index is 13.3. The first-order valence-corrected chi connectivity index (χ1v) is 13.1. The summed E-state index contributed by atoms with van der Waals surface area (Å²) in [7, 11) is -2.28. The molecule has 0 spiro atoms. The predicted molar refractivity (Wildman–Crippen MR) is 126 cm³/mol. The number of sulfonamides is 1. The summed E-state index contributed by atoms with van der Waals surface area (Å²) in [5.41, 5.74) is 0.316. The monoisotopic (exact) mass is 522 g/mol. The summed E-state index contributed by atoms with van der Waals surface area (Å²) in [5, 5.41) is 0.384. The lowest BCUT2D eigenvalue weighted by Crippen LogP contribution is -3.19. The van der Waals surface area contributed by atoms with Crippen LogP contribution in [0.4, 0.5) is 5.69 Å². The largest absolute Gasteiger partial charge is 0.495 e. The molecule has 35 heavy (non-hydrogen) atoms. The molecule has 2 aromatic carbocycles. The standard InChI is InChI=1S/C23H24ClN3O7S/c1-32-19-4-2-15(24)12-17(19)27-22(28)14-18(23(27)29)25-6-8-26(9-7-25)35(30,31)16-3-5-20-21(13-16)34-11-10-33-20/h2-5,12-13,18H,6-11,14H2,1H3/p+1/t18-/m0/s1. The Balaban J connectivity index is 1.29.